The summed E-state index contributed by atoms with van der Waals surface area (Å²) < 4.78 is 0. The summed E-state index contributed by atoms with van der Waals surface area (Å²) in [4.78, 5) is 16.7. The average Bonchev–Trinajstić information content (AvgIpc) is 2.36. The molecule has 1 atom stereocenters. The van der Waals surface area contributed by atoms with Gasteiger partial charge in [0.2, 0.25) is 5.82 Å². The quantitative estimate of drug-likeness (QED) is 0.634. The molecule has 7 nitrogen and oxygen atoms in total. The zero-order chi connectivity index (χ0) is 14.0. The van der Waals surface area contributed by atoms with Crippen LogP contribution in [0.15, 0.2) is 12.1 Å². The van der Waals surface area contributed by atoms with E-state index in [1.54, 1.807) is 24.9 Å². The van der Waals surface area contributed by atoms with Crippen molar-refractivity contribution in [3.63, 3.8) is 0 Å². The van der Waals surface area contributed by atoms with Crippen molar-refractivity contribution in [3.8, 4) is 0 Å². The second-order valence-electron chi connectivity index (χ2n) is 5.07. The molecule has 2 N–H and O–H groups in total. The van der Waals surface area contributed by atoms with E-state index in [1.807, 2.05) is 0 Å². The first kappa shape index (κ1) is 13.5. The van der Waals surface area contributed by atoms with Crippen molar-refractivity contribution >= 4 is 17.3 Å². The molecule has 0 aromatic carbocycles. The highest BCUT2D eigenvalue weighted by atomic mass is 16.6. The number of piperidine rings is 1. The summed E-state index contributed by atoms with van der Waals surface area (Å²) in [5.74, 6) is 0.891. The van der Waals surface area contributed by atoms with Gasteiger partial charge >= 0.3 is 5.69 Å². The summed E-state index contributed by atoms with van der Waals surface area (Å²) in [7, 11) is 1.71. The molecule has 0 radical (unpaired) electrons. The lowest BCUT2D eigenvalue weighted by Crippen LogP contribution is -2.46. The first-order valence-corrected chi connectivity index (χ1v) is 6.23. The van der Waals surface area contributed by atoms with Gasteiger partial charge in [0.25, 0.3) is 0 Å². The summed E-state index contributed by atoms with van der Waals surface area (Å²) in [5.41, 5.74) is -0.861. The number of nitrogens with one attached hydrogen (secondary N) is 1. The van der Waals surface area contributed by atoms with Gasteiger partial charge in [0.1, 0.15) is 5.82 Å². The number of aromatic nitrogens is 1. The number of hydrogen-bond donors (Lipinski definition) is 2. The van der Waals surface area contributed by atoms with Gasteiger partial charge in [0.15, 0.2) is 0 Å². The van der Waals surface area contributed by atoms with Crippen molar-refractivity contribution in [2.75, 3.05) is 30.4 Å². The Morgan fingerprint density at radius 2 is 2.32 bits per heavy atom. The van der Waals surface area contributed by atoms with Gasteiger partial charge in [-0.15, -0.1) is 0 Å². The fraction of sp³-hybridized carbons (Fsp3) is 0.583. The monoisotopic (exact) mass is 266 g/mol. The fourth-order valence-corrected chi connectivity index (χ4v) is 2.36. The zero-order valence-corrected chi connectivity index (χ0v) is 11.1. The minimum atomic E-state index is -0.830. The molecule has 1 aromatic heterocycles. The molecule has 2 heterocycles. The molecule has 0 spiro atoms. The van der Waals surface area contributed by atoms with Crippen LogP contribution in [0.4, 0.5) is 17.3 Å². The van der Waals surface area contributed by atoms with E-state index in [9.17, 15) is 15.2 Å². The molecule has 0 aliphatic carbocycles. The maximum absolute atomic E-state index is 11.1. The van der Waals surface area contributed by atoms with E-state index in [0.29, 0.717) is 31.1 Å². The highest BCUT2D eigenvalue weighted by Crippen LogP contribution is 2.32. The van der Waals surface area contributed by atoms with Gasteiger partial charge in [-0.2, -0.15) is 0 Å². The van der Waals surface area contributed by atoms with E-state index in [-0.39, 0.29) is 5.69 Å². The third-order valence-corrected chi connectivity index (χ3v) is 3.28. The van der Waals surface area contributed by atoms with Crippen LogP contribution in [0.25, 0.3) is 0 Å². The second kappa shape index (κ2) is 5.00. The van der Waals surface area contributed by atoms with Crippen LogP contribution in [0.1, 0.15) is 19.8 Å². The molecular formula is C12H18N4O3. The van der Waals surface area contributed by atoms with Crippen molar-refractivity contribution in [1.82, 2.24) is 4.98 Å². The summed E-state index contributed by atoms with van der Waals surface area (Å²) in [6, 6.07) is 3.02. The number of hydrogen-bond acceptors (Lipinski definition) is 6. The highest BCUT2D eigenvalue weighted by molar-refractivity contribution is 5.62. The summed E-state index contributed by atoms with van der Waals surface area (Å²) in [5, 5.41) is 24.1. The standard InChI is InChI=1S/C12H18N4O3/c1-12(17)6-3-7-15(8-12)11-9(16(18)19)4-5-10(13-2)14-11/h4-5,17H,3,6-8H2,1-2H3,(H,13,14). The molecule has 104 valence electrons. The van der Waals surface area contributed by atoms with Gasteiger partial charge < -0.3 is 15.3 Å². The Balaban J connectivity index is 2.38. The molecule has 0 amide bonds. The van der Waals surface area contributed by atoms with Crippen molar-refractivity contribution in [1.29, 1.82) is 0 Å². The minimum absolute atomic E-state index is 0.0308. The normalized spacial score (nSPS) is 23.2. The predicted octanol–water partition coefficient (Wildman–Crippen LogP) is 1.38. The Morgan fingerprint density at radius 3 is 2.89 bits per heavy atom. The summed E-state index contributed by atoms with van der Waals surface area (Å²) in [6.07, 6.45) is 1.48. The van der Waals surface area contributed by atoms with Crippen molar-refractivity contribution in [3.05, 3.63) is 22.2 Å². The fourth-order valence-electron chi connectivity index (χ4n) is 2.36. The Labute approximate surface area is 111 Å². The first-order chi connectivity index (χ1) is 8.93. The van der Waals surface area contributed by atoms with Crippen molar-refractivity contribution in [2.24, 2.45) is 0 Å². The van der Waals surface area contributed by atoms with Gasteiger partial charge in [0, 0.05) is 26.2 Å². The minimum Gasteiger partial charge on any atom is -0.388 e. The van der Waals surface area contributed by atoms with Gasteiger partial charge in [-0.25, -0.2) is 4.98 Å². The lowest BCUT2D eigenvalue weighted by Gasteiger charge is -2.37. The Bertz CT molecular complexity index is 490. The molecule has 1 aromatic rings. The number of nitrogens with zero attached hydrogens (tertiary/aromatic N) is 3. The lowest BCUT2D eigenvalue weighted by atomic mass is 9.95. The van der Waals surface area contributed by atoms with E-state index in [2.05, 4.69) is 10.3 Å². The lowest BCUT2D eigenvalue weighted by molar-refractivity contribution is -0.384. The van der Waals surface area contributed by atoms with Gasteiger partial charge in [-0.05, 0) is 25.8 Å². The molecule has 19 heavy (non-hydrogen) atoms. The van der Waals surface area contributed by atoms with Crippen LogP contribution in [0.3, 0.4) is 0 Å². The Hall–Kier alpha value is -1.89. The Kier molecular flexibility index (Phi) is 3.57. The van der Waals surface area contributed by atoms with E-state index in [1.165, 1.54) is 6.07 Å². The molecule has 2 rings (SSSR count). The van der Waals surface area contributed by atoms with E-state index >= 15 is 0 Å². The van der Waals surface area contributed by atoms with Crippen LogP contribution >= 0.6 is 0 Å². The molecule has 1 saturated heterocycles. The van der Waals surface area contributed by atoms with Crippen LogP contribution in [0.2, 0.25) is 0 Å². The Morgan fingerprint density at radius 1 is 1.58 bits per heavy atom. The van der Waals surface area contributed by atoms with E-state index in [0.717, 1.165) is 6.42 Å². The van der Waals surface area contributed by atoms with Crippen LogP contribution in [-0.2, 0) is 0 Å². The average molecular weight is 266 g/mol. The molecule has 7 heteroatoms. The zero-order valence-electron chi connectivity index (χ0n) is 11.1. The molecule has 0 saturated carbocycles. The van der Waals surface area contributed by atoms with Gasteiger partial charge in [-0.3, -0.25) is 10.1 Å². The van der Waals surface area contributed by atoms with Gasteiger partial charge in [-0.1, -0.05) is 0 Å². The number of anilines is 2. The third-order valence-electron chi connectivity index (χ3n) is 3.28. The topological polar surface area (TPSA) is 91.5 Å². The SMILES string of the molecule is CNc1ccc([N+](=O)[O-])c(N2CCCC(C)(O)C2)n1. The van der Waals surface area contributed by atoms with Crippen LogP contribution in [-0.4, -0.2) is 40.8 Å². The maximum Gasteiger partial charge on any atom is 0.311 e. The maximum atomic E-state index is 11.1. The number of aliphatic hydroxyl groups is 1. The number of pyridine rings is 1. The molecule has 1 fully saturated rings. The molecule has 1 aliphatic heterocycles. The van der Waals surface area contributed by atoms with Crippen molar-refractivity contribution in [2.45, 2.75) is 25.4 Å². The predicted molar refractivity (Wildman–Crippen MR) is 72.5 cm³/mol. The van der Waals surface area contributed by atoms with Crippen molar-refractivity contribution < 1.29 is 10.0 Å². The number of rotatable bonds is 3. The van der Waals surface area contributed by atoms with E-state index < -0.39 is 10.5 Å². The number of β-amino-alcohol motifs (C(OH)–C–C–N with tert-alkyl or cyclic N) is 1. The molecule has 1 unspecified atom stereocenters. The van der Waals surface area contributed by atoms with Crippen LogP contribution < -0.4 is 10.2 Å². The number of nitro groups is 1. The van der Waals surface area contributed by atoms with E-state index in [4.69, 9.17) is 0 Å². The first-order valence-electron chi connectivity index (χ1n) is 6.23. The molecular weight excluding hydrogens is 248 g/mol. The highest BCUT2D eigenvalue weighted by Gasteiger charge is 2.32. The molecule has 1 aliphatic rings. The summed E-state index contributed by atoms with van der Waals surface area (Å²) >= 11 is 0. The smallest absolute Gasteiger partial charge is 0.311 e. The van der Waals surface area contributed by atoms with Gasteiger partial charge in [0.05, 0.1) is 10.5 Å². The van der Waals surface area contributed by atoms with Crippen LogP contribution in [0.5, 0.6) is 0 Å². The largest absolute Gasteiger partial charge is 0.388 e. The second-order valence-corrected chi connectivity index (χ2v) is 5.07. The van der Waals surface area contributed by atoms with Crippen LogP contribution in [0, 0.1) is 10.1 Å². The molecule has 0 bridgehead atoms. The summed E-state index contributed by atoms with van der Waals surface area (Å²) in [6.45, 7) is 2.76. The third kappa shape index (κ3) is 2.93.